The summed E-state index contributed by atoms with van der Waals surface area (Å²) in [5.74, 6) is -1.11. The summed E-state index contributed by atoms with van der Waals surface area (Å²) in [6, 6.07) is 18.1. The van der Waals surface area contributed by atoms with Crippen LogP contribution < -0.4 is 4.72 Å². The van der Waals surface area contributed by atoms with E-state index in [4.69, 9.17) is 4.74 Å². The summed E-state index contributed by atoms with van der Waals surface area (Å²) in [6.45, 7) is 5.02. The molecule has 0 amide bonds. The Morgan fingerprint density at radius 2 is 1.35 bits per heavy atom. The number of carbonyl (C=O) groups excluding carboxylic acids is 2. The minimum absolute atomic E-state index is 0.0348. The molecule has 0 bridgehead atoms. The first-order chi connectivity index (χ1) is 14.7. The number of ether oxygens (including phenoxy) is 1. The van der Waals surface area contributed by atoms with Crippen LogP contribution >= 0.6 is 0 Å². The lowest BCUT2D eigenvalue weighted by Crippen LogP contribution is -2.17. The van der Waals surface area contributed by atoms with E-state index >= 15 is 0 Å². The van der Waals surface area contributed by atoms with Crippen molar-refractivity contribution < 1.29 is 22.7 Å². The zero-order valence-electron chi connectivity index (χ0n) is 17.5. The summed E-state index contributed by atoms with van der Waals surface area (Å²) >= 11 is 0. The molecule has 0 unspecified atom stereocenters. The second kappa shape index (κ2) is 9.14. The Balaban J connectivity index is 1.74. The third-order valence-electron chi connectivity index (χ3n) is 4.73. The zero-order valence-corrected chi connectivity index (χ0v) is 18.3. The Morgan fingerprint density at radius 3 is 1.97 bits per heavy atom. The van der Waals surface area contributed by atoms with E-state index in [0.29, 0.717) is 16.8 Å². The van der Waals surface area contributed by atoms with Gasteiger partial charge in [-0.3, -0.25) is 9.52 Å². The van der Waals surface area contributed by atoms with Crippen LogP contribution in [0.5, 0.6) is 0 Å². The van der Waals surface area contributed by atoms with Gasteiger partial charge in [0.05, 0.1) is 10.5 Å². The van der Waals surface area contributed by atoms with Gasteiger partial charge in [0.1, 0.15) is 0 Å². The zero-order chi connectivity index (χ0) is 22.6. The maximum Gasteiger partial charge on any atom is 0.338 e. The van der Waals surface area contributed by atoms with Gasteiger partial charge in [-0.2, -0.15) is 0 Å². The quantitative estimate of drug-likeness (QED) is 0.436. The number of nitrogens with one attached hydrogen (secondary N) is 1. The molecule has 160 valence electrons. The van der Waals surface area contributed by atoms with Crippen molar-refractivity contribution in [3.05, 3.63) is 94.5 Å². The van der Waals surface area contributed by atoms with Crippen molar-refractivity contribution in [2.45, 2.75) is 25.7 Å². The van der Waals surface area contributed by atoms with E-state index in [1.807, 2.05) is 13.8 Å². The first kappa shape index (κ1) is 22.2. The number of Topliss-reactive ketones (excluding diaryl/α,β-unsaturated/α-hetero) is 1. The second-order valence-corrected chi connectivity index (χ2v) is 8.97. The minimum Gasteiger partial charge on any atom is -0.454 e. The summed E-state index contributed by atoms with van der Waals surface area (Å²) in [7, 11) is -3.92. The highest BCUT2D eigenvalue weighted by molar-refractivity contribution is 7.92. The fourth-order valence-corrected chi connectivity index (χ4v) is 4.22. The average molecular weight is 438 g/mol. The number of aryl methyl sites for hydroxylation is 3. The van der Waals surface area contributed by atoms with Crippen LogP contribution in [0.2, 0.25) is 0 Å². The molecule has 6 nitrogen and oxygen atoms in total. The third kappa shape index (κ3) is 5.58. The van der Waals surface area contributed by atoms with Crippen LogP contribution in [0.15, 0.2) is 71.6 Å². The number of hydrogen-bond acceptors (Lipinski definition) is 5. The molecule has 3 aromatic carbocycles. The molecular weight excluding hydrogens is 414 g/mol. The SMILES string of the molecule is Cc1ccc(NS(=O)(=O)c2cc(C(=O)OCC(=O)c3ccc(C)cc3)ccc2C)cc1. The van der Waals surface area contributed by atoms with Crippen LogP contribution in [-0.2, 0) is 14.8 Å². The molecule has 1 N–H and O–H groups in total. The van der Waals surface area contributed by atoms with Gasteiger partial charge in [-0.05, 0) is 50.6 Å². The first-order valence-electron chi connectivity index (χ1n) is 9.63. The van der Waals surface area contributed by atoms with Crippen LogP contribution in [0.3, 0.4) is 0 Å². The molecule has 0 aliphatic heterocycles. The lowest BCUT2D eigenvalue weighted by atomic mass is 10.1. The Hall–Kier alpha value is -3.45. The highest BCUT2D eigenvalue weighted by Gasteiger charge is 2.20. The minimum atomic E-state index is -3.92. The average Bonchev–Trinajstić information content (AvgIpc) is 2.74. The largest absolute Gasteiger partial charge is 0.454 e. The number of rotatable bonds is 7. The highest BCUT2D eigenvalue weighted by Crippen LogP contribution is 2.21. The maximum absolute atomic E-state index is 12.8. The number of anilines is 1. The molecule has 0 saturated heterocycles. The lowest BCUT2D eigenvalue weighted by Gasteiger charge is -2.12. The monoisotopic (exact) mass is 437 g/mol. The Morgan fingerprint density at radius 1 is 0.806 bits per heavy atom. The van der Waals surface area contributed by atoms with Crippen molar-refractivity contribution in [1.82, 2.24) is 0 Å². The number of benzene rings is 3. The van der Waals surface area contributed by atoms with Crippen molar-refractivity contribution in [2.24, 2.45) is 0 Å². The topological polar surface area (TPSA) is 89.5 Å². The Kier molecular flexibility index (Phi) is 6.56. The van der Waals surface area contributed by atoms with Crippen molar-refractivity contribution in [1.29, 1.82) is 0 Å². The van der Waals surface area contributed by atoms with Crippen LogP contribution in [0.1, 0.15) is 37.4 Å². The fourth-order valence-electron chi connectivity index (χ4n) is 2.89. The van der Waals surface area contributed by atoms with E-state index in [1.54, 1.807) is 55.5 Å². The molecule has 0 atom stereocenters. The number of sulfonamides is 1. The van der Waals surface area contributed by atoms with Crippen LogP contribution in [0.25, 0.3) is 0 Å². The summed E-state index contributed by atoms with van der Waals surface area (Å²) < 4.78 is 33.3. The summed E-state index contributed by atoms with van der Waals surface area (Å²) in [4.78, 5) is 24.6. The van der Waals surface area contributed by atoms with Gasteiger partial charge in [0, 0.05) is 11.3 Å². The molecule has 0 saturated carbocycles. The molecule has 0 heterocycles. The smallest absolute Gasteiger partial charge is 0.338 e. The van der Waals surface area contributed by atoms with Crippen LogP contribution in [0.4, 0.5) is 5.69 Å². The van der Waals surface area contributed by atoms with Crippen LogP contribution in [-0.4, -0.2) is 26.8 Å². The van der Waals surface area contributed by atoms with E-state index in [0.717, 1.165) is 11.1 Å². The molecule has 0 aromatic heterocycles. The van der Waals surface area contributed by atoms with Gasteiger partial charge in [0.25, 0.3) is 10.0 Å². The van der Waals surface area contributed by atoms with Gasteiger partial charge < -0.3 is 4.74 Å². The van der Waals surface area contributed by atoms with Crippen molar-refractivity contribution >= 4 is 27.5 Å². The third-order valence-corrected chi connectivity index (χ3v) is 6.25. The van der Waals surface area contributed by atoms with Crippen molar-refractivity contribution in [2.75, 3.05) is 11.3 Å². The van der Waals surface area contributed by atoms with Gasteiger partial charge >= 0.3 is 5.97 Å². The maximum atomic E-state index is 12.8. The molecule has 0 spiro atoms. The standard InChI is InChI=1S/C24H23NO5S/c1-16-4-9-19(10-5-16)22(26)15-30-24(27)20-11-8-18(3)23(14-20)31(28,29)25-21-12-6-17(2)7-13-21/h4-14,25H,15H2,1-3H3. The predicted molar refractivity (Wildman–Crippen MR) is 119 cm³/mol. The number of esters is 1. The fraction of sp³-hybridized carbons (Fsp3) is 0.167. The van der Waals surface area contributed by atoms with Crippen molar-refractivity contribution in [3.63, 3.8) is 0 Å². The van der Waals surface area contributed by atoms with E-state index < -0.39 is 22.6 Å². The van der Waals surface area contributed by atoms with Crippen LogP contribution in [0, 0.1) is 20.8 Å². The first-order valence-corrected chi connectivity index (χ1v) is 11.1. The predicted octanol–water partition coefficient (Wildman–Crippen LogP) is 4.45. The Labute approximate surface area is 181 Å². The van der Waals surface area contributed by atoms with E-state index in [9.17, 15) is 18.0 Å². The van der Waals surface area contributed by atoms with Gasteiger partial charge in [0.15, 0.2) is 12.4 Å². The highest BCUT2D eigenvalue weighted by atomic mass is 32.2. The molecule has 3 rings (SSSR count). The molecule has 31 heavy (non-hydrogen) atoms. The number of ketones is 1. The second-order valence-electron chi connectivity index (χ2n) is 7.32. The summed E-state index contributed by atoms with van der Waals surface area (Å²) in [5, 5.41) is 0. The normalized spacial score (nSPS) is 11.1. The molecule has 0 aliphatic rings. The van der Waals surface area contributed by atoms with Gasteiger partial charge in [-0.25, -0.2) is 13.2 Å². The van der Waals surface area contributed by atoms with E-state index in [1.165, 1.54) is 18.2 Å². The molecule has 3 aromatic rings. The lowest BCUT2D eigenvalue weighted by molar-refractivity contribution is 0.0474. The molecular formula is C24H23NO5S. The Bertz CT molecular complexity index is 1210. The van der Waals surface area contributed by atoms with Crippen molar-refractivity contribution in [3.8, 4) is 0 Å². The summed E-state index contributed by atoms with van der Waals surface area (Å²) in [6.07, 6.45) is 0. The van der Waals surface area contributed by atoms with Gasteiger partial charge in [-0.1, -0.05) is 53.6 Å². The van der Waals surface area contributed by atoms with E-state index in [-0.39, 0.29) is 16.2 Å². The molecule has 0 aliphatic carbocycles. The number of carbonyl (C=O) groups is 2. The van der Waals surface area contributed by atoms with E-state index in [2.05, 4.69) is 4.72 Å². The molecule has 0 radical (unpaired) electrons. The van der Waals surface area contributed by atoms with Gasteiger partial charge in [-0.15, -0.1) is 0 Å². The number of hydrogen-bond donors (Lipinski definition) is 1. The van der Waals surface area contributed by atoms with Gasteiger partial charge in [0.2, 0.25) is 0 Å². The molecule has 7 heteroatoms. The summed E-state index contributed by atoms with van der Waals surface area (Å²) in [5.41, 5.74) is 3.40. The molecule has 0 fully saturated rings.